The van der Waals surface area contributed by atoms with Crippen molar-refractivity contribution >= 4 is 23.5 Å². The zero-order chi connectivity index (χ0) is 11.5. The lowest BCUT2D eigenvalue weighted by atomic mass is 10.4. The molecule has 0 aliphatic heterocycles. The van der Waals surface area contributed by atoms with Crippen molar-refractivity contribution in [1.82, 2.24) is 9.97 Å². The van der Waals surface area contributed by atoms with Crippen molar-refractivity contribution in [2.45, 2.75) is 6.92 Å². The fraction of sp³-hybridized carbons (Fsp3) is 0.100. The van der Waals surface area contributed by atoms with E-state index in [2.05, 4.69) is 15.3 Å². The highest BCUT2D eigenvalue weighted by Gasteiger charge is 2.11. The van der Waals surface area contributed by atoms with Gasteiger partial charge in [0.25, 0.3) is 5.91 Å². The predicted octanol–water partition coefficient (Wildman–Crippen LogP) is 2.28. The predicted molar refractivity (Wildman–Crippen MR) is 58.4 cm³/mol. The third-order valence-corrected chi connectivity index (χ3v) is 2.02. The molecule has 2 rings (SSSR count). The topological polar surface area (TPSA) is 68.0 Å². The molecule has 0 saturated carbocycles. The van der Waals surface area contributed by atoms with Crippen LogP contribution in [0.1, 0.15) is 16.3 Å². The average molecular weight is 238 g/mol. The van der Waals surface area contributed by atoms with Gasteiger partial charge in [-0.1, -0.05) is 11.6 Å². The van der Waals surface area contributed by atoms with Crippen molar-refractivity contribution in [1.29, 1.82) is 0 Å². The van der Waals surface area contributed by atoms with E-state index in [1.165, 1.54) is 12.3 Å². The summed E-state index contributed by atoms with van der Waals surface area (Å²) in [4.78, 5) is 19.3. The Labute approximate surface area is 96.5 Å². The molecule has 5 nitrogen and oxygen atoms in total. The number of hydrogen-bond acceptors (Lipinski definition) is 4. The number of aryl methyl sites for hydroxylation is 1. The van der Waals surface area contributed by atoms with Crippen LogP contribution in [-0.2, 0) is 0 Å². The number of amides is 1. The third-order valence-electron chi connectivity index (χ3n) is 1.81. The first-order chi connectivity index (χ1) is 7.65. The summed E-state index contributed by atoms with van der Waals surface area (Å²) in [5.41, 5.74) is 0. The van der Waals surface area contributed by atoms with Gasteiger partial charge in [-0.15, -0.1) is 0 Å². The van der Waals surface area contributed by atoms with Crippen LogP contribution >= 0.6 is 11.6 Å². The number of rotatable bonds is 2. The van der Waals surface area contributed by atoms with Crippen LogP contribution in [0, 0.1) is 6.92 Å². The van der Waals surface area contributed by atoms with Crippen molar-refractivity contribution in [3.05, 3.63) is 41.1 Å². The quantitative estimate of drug-likeness (QED) is 0.814. The van der Waals surface area contributed by atoms with Crippen molar-refractivity contribution in [2.75, 3.05) is 5.32 Å². The Morgan fingerprint density at radius 3 is 2.88 bits per heavy atom. The molecule has 0 atom stereocenters. The van der Waals surface area contributed by atoms with E-state index in [1.54, 1.807) is 19.1 Å². The molecule has 0 aliphatic rings. The number of hydrogen-bond donors (Lipinski definition) is 1. The summed E-state index contributed by atoms with van der Waals surface area (Å²) in [5, 5.41) is 2.74. The van der Waals surface area contributed by atoms with Crippen LogP contribution in [0.3, 0.4) is 0 Å². The first kappa shape index (κ1) is 10.6. The van der Waals surface area contributed by atoms with Gasteiger partial charge in [-0.05, 0) is 25.1 Å². The van der Waals surface area contributed by atoms with Crippen LogP contribution in [0.15, 0.2) is 28.8 Å². The van der Waals surface area contributed by atoms with Gasteiger partial charge in [0.15, 0.2) is 5.76 Å². The van der Waals surface area contributed by atoms with E-state index >= 15 is 0 Å². The molecule has 0 aromatic carbocycles. The normalized spacial score (nSPS) is 10.1. The molecule has 2 aromatic rings. The standard InChI is InChI=1S/C10H8ClN3O2/c1-6-2-3-7(16-6)9(15)14-10-12-5-4-8(11)13-10/h2-5H,1H3,(H,12,13,14,15). The van der Waals surface area contributed by atoms with Crippen LogP contribution < -0.4 is 5.32 Å². The van der Waals surface area contributed by atoms with Crippen LogP contribution in [0.5, 0.6) is 0 Å². The zero-order valence-electron chi connectivity index (χ0n) is 8.40. The summed E-state index contributed by atoms with van der Waals surface area (Å²) < 4.78 is 5.15. The van der Waals surface area contributed by atoms with E-state index in [-0.39, 0.29) is 16.9 Å². The van der Waals surface area contributed by atoms with Gasteiger partial charge in [0, 0.05) is 6.20 Å². The zero-order valence-corrected chi connectivity index (χ0v) is 9.15. The number of carbonyl (C=O) groups excluding carboxylic acids is 1. The molecule has 0 saturated heterocycles. The minimum absolute atomic E-state index is 0.145. The molecule has 2 heterocycles. The highest BCUT2D eigenvalue weighted by atomic mass is 35.5. The summed E-state index contributed by atoms with van der Waals surface area (Å²) in [7, 11) is 0. The van der Waals surface area contributed by atoms with Crippen molar-refractivity contribution in [2.24, 2.45) is 0 Å². The maximum atomic E-state index is 11.6. The fourth-order valence-corrected chi connectivity index (χ4v) is 1.25. The Kier molecular flexibility index (Phi) is 2.87. The summed E-state index contributed by atoms with van der Waals surface area (Å²) in [6.07, 6.45) is 1.46. The molecule has 0 unspecified atom stereocenters. The average Bonchev–Trinajstić information content (AvgIpc) is 2.65. The van der Waals surface area contributed by atoms with Crippen LogP contribution in [-0.4, -0.2) is 15.9 Å². The molecule has 82 valence electrons. The highest BCUT2D eigenvalue weighted by Crippen LogP contribution is 2.10. The van der Waals surface area contributed by atoms with Crippen molar-refractivity contribution in [3.63, 3.8) is 0 Å². The Morgan fingerprint density at radius 2 is 2.25 bits per heavy atom. The minimum Gasteiger partial charge on any atom is -0.456 e. The number of furan rings is 1. The lowest BCUT2D eigenvalue weighted by Crippen LogP contribution is -2.13. The Balaban J connectivity index is 2.13. The maximum Gasteiger partial charge on any atom is 0.293 e. The Morgan fingerprint density at radius 1 is 1.44 bits per heavy atom. The minimum atomic E-state index is -0.407. The number of halogens is 1. The molecule has 6 heteroatoms. The molecule has 16 heavy (non-hydrogen) atoms. The van der Waals surface area contributed by atoms with E-state index in [0.717, 1.165) is 0 Å². The number of nitrogens with zero attached hydrogens (tertiary/aromatic N) is 2. The smallest absolute Gasteiger partial charge is 0.293 e. The summed E-state index contributed by atoms with van der Waals surface area (Å²) in [5.74, 6) is 0.611. The lowest BCUT2D eigenvalue weighted by Gasteiger charge is -2.00. The molecular weight excluding hydrogens is 230 g/mol. The summed E-state index contributed by atoms with van der Waals surface area (Å²) >= 11 is 5.65. The maximum absolute atomic E-state index is 11.6. The number of aromatic nitrogens is 2. The molecule has 0 bridgehead atoms. The van der Waals surface area contributed by atoms with Crippen molar-refractivity contribution < 1.29 is 9.21 Å². The highest BCUT2D eigenvalue weighted by molar-refractivity contribution is 6.29. The number of carbonyl (C=O) groups is 1. The first-order valence-corrected chi connectivity index (χ1v) is 4.89. The molecule has 2 aromatic heterocycles. The molecule has 1 N–H and O–H groups in total. The Bertz CT molecular complexity index is 524. The van der Waals surface area contributed by atoms with Gasteiger partial charge in [0.1, 0.15) is 10.9 Å². The van der Waals surface area contributed by atoms with Gasteiger partial charge in [0.05, 0.1) is 0 Å². The van der Waals surface area contributed by atoms with E-state index in [0.29, 0.717) is 5.76 Å². The van der Waals surface area contributed by atoms with Crippen LogP contribution in [0.25, 0.3) is 0 Å². The Hall–Kier alpha value is -1.88. The molecular formula is C10H8ClN3O2. The van der Waals surface area contributed by atoms with Gasteiger partial charge < -0.3 is 4.42 Å². The third kappa shape index (κ3) is 2.38. The lowest BCUT2D eigenvalue weighted by molar-refractivity contribution is 0.0994. The van der Waals surface area contributed by atoms with E-state index in [9.17, 15) is 4.79 Å². The van der Waals surface area contributed by atoms with E-state index in [4.69, 9.17) is 16.0 Å². The summed E-state index contributed by atoms with van der Waals surface area (Å²) in [6, 6.07) is 4.80. The van der Waals surface area contributed by atoms with Crippen LogP contribution in [0.4, 0.5) is 5.95 Å². The monoisotopic (exact) mass is 237 g/mol. The second kappa shape index (κ2) is 4.32. The van der Waals surface area contributed by atoms with Crippen molar-refractivity contribution in [3.8, 4) is 0 Å². The van der Waals surface area contributed by atoms with Gasteiger partial charge in [0.2, 0.25) is 5.95 Å². The number of nitrogens with one attached hydrogen (secondary N) is 1. The fourth-order valence-electron chi connectivity index (χ4n) is 1.12. The molecule has 1 amide bonds. The second-order valence-corrected chi connectivity index (χ2v) is 3.45. The van der Waals surface area contributed by atoms with Gasteiger partial charge in [-0.25, -0.2) is 9.97 Å². The number of anilines is 1. The van der Waals surface area contributed by atoms with E-state index < -0.39 is 5.91 Å². The van der Waals surface area contributed by atoms with Gasteiger partial charge in [-0.3, -0.25) is 10.1 Å². The molecule has 0 fully saturated rings. The molecule has 0 radical (unpaired) electrons. The first-order valence-electron chi connectivity index (χ1n) is 4.51. The largest absolute Gasteiger partial charge is 0.456 e. The summed E-state index contributed by atoms with van der Waals surface area (Å²) in [6.45, 7) is 1.76. The second-order valence-electron chi connectivity index (χ2n) is 3.07. The van der Waals surface area contributed by atoms with Crippen LogP contribution in [0.2, 0.25) is 5.15 Å². The molecule has 0 aliphatic carbocycles. The van der Waals surface area contributed by atoms with Gasteiger partial charge in [-0.2, -0.15) is 0 Å². The van der Waals surface area contributed by atoms with Gasteiger partial charge >= 0.3 is 0 Å². The van der Waals surface area contributed by atoms with E-state index in [1.807, 2.05) is 0 Å². The SMILES string of the molecule is Cc1ccc(C(=O)Nc2nccc(Cl)n2)o1. The molecule has 0 spiro atoms.